The molecule has 2 rings (SSSR count). The molecule has 0 spiro atoms. The molecular weight excluding hydrogens is 168 g/mol. The first-order valence-corrected chi connectivity index (χ1v) is 4.49. The van der Waals surface area contributed by atoms with Gasteiger partial charge < -0.3 is 9.15 Å². The molecule has 1 aromatic rings. The van der Waals surface area contributed by atoms with E-state index in [2.05, 4.69) is 9.88 Å². The Morgan fingerprint density at radius 2 is 2.38 bits per heavy atom. The molecule has 0 aromatic carbocycles. The maximum atomic E-state index is 7.39. The third-order valence-electron chi connectivity index (χ3n) is 2.07. The summed E-state index contributed by atoms with van der Waals surface area (Å²) in [5.74, 6) is 0.634. The second-order valence-electron chi connectivity index (χ2n) is 3.18. The van der Waals surface area contributed by atoms with Crippen LogP contribution >= 0.6 is 0 Å². The third-order valence-corrected chi connectivity index (χ3v) is 2.07. The number of hydrogen-bond donors (Lipinski definition) is 0. The molecular formula is C9H14N2O2. The number of aromatic nitrogens is 1. The fraction of sp³-hybridized carbons (Fsp3) is 0.667. The molecule has 0 unspecified atom stereocenters. The van der Waals surface area contributed by atoms with E-state index < -0.39 is 0 Å². The van der Waals surface area contributed by atoms with Crippen LogP contribution in [0.1, 0.15) is 13.0 Å². The van der Waals surface area contributed by atoms with Crippen LogP contribution in [0.3, 0.4) is 0 Å². The second kappa shape index (κ2) is 3.89. The quantitative estimate of drug-likeness (QED) is 0.680. The predicted molar refractivity (Wildman–Crippen MR) is 47.3 cm³/mol. The van der Waals surface area contributed by atoms with E-state index in [1.807, 2.05) is 0 Å². The zero-order valence-corrected chi connectivity index (χ0v) is 7.75. The minimum atomic E-state index is 0.174. The molecule has 1 saturated heterocycles. The highest BCUT2D eigenvalue weighted by molar-refractivity contribution is 4.92. The average Bonchev–Trinajstić information content (AvgIpc) is 2.47. The van der Waals surface area contributed by atoms with Crippen molar-refractivity contribution in [3.05, 3.63) is 17.8 Å². The van der Waals surface area contributed by atoms with Gasteiger partial charge in [-0.05, 0) is 6.92 Å². The van der Waals surface area contributed by atoms with Gasteiger partial charge in [-0.1, -0.05) is 0 Å². The first-order valence-electron chi connectivity index (χ1n) is 4.99. The highest BCUT2D eigenvalue weighted by Crippen LogP contribution is 2.06. The summed E-state index contributed by atoms with van der Waals surface area (Å²) >= 11 is 0. The van der Waals surface area contributed by atoms with E-state index in [1.165, 1.54) is 0 Å². The molecule has 0 radical (unpaired) electrons. The van der Waals surface area contributed by atoms with Gasteiger partial charge in [0.25, 0.3) is 0 Å². The smallest absolute Gasteiger partial charge is 0.208 e. The van der Waals surface area contributed by atoms with Crippen molar-refractivity contribution < 1.29 is 10.5 Å². The lowest BCUT2D eigenvalue weighted by molar-refractivity contribution is 0.0306. The number of morpholine rings is 1. The molecule has 0 saturated carbocycles. The number of hydrogen-bond acceptors (Lipinski definition) is 4. The molecule has 0 aliphatic carbocycles. The Morgan fingerprint density at radius 1 is 1.62 bits per heavy atom. The highest BCUT2D eigenvalue weighted by Gasteiger charge is 2.12. The predicted octanol–water partition coefficient (Wildman–Crippen LogP) is 0.815. The van der Waals surface area contributed by atoms with Crippen LogP contribution in [-0.2, 0) is 11.3 Å². The molecule has 1 aliphatic rings. The van der Waals surface area contributed by atoms with Crippen LogP contribution in [0, 0.1) is 6.92 Å². The maximum absolute atomic E-state index is 7.39. The molecule has 1 fully saturated rings. The van der Waals surface area contributed by atoms with Crippen molar-refractivity contribution in [3.63, 3.8) is 0 Å². The SMILES string of the molecule is [2H]c1oc(CN2CCOCC2)nc1C. The summed E-state index contributed by atoms with van der Waals surface area (Å²) in [6.45, 7) is 5.84. The Balaban J connectivity index is 1.95. The topological polar surface area (TPSA) is 38.5 Å². The fourth-order valence-electron chi connectivity index (χ4n) is 1.38. The zero-order chi connectivity index (χ0) is 9.97. The summed E-state index contributed by atoms with van der Waals surface area (Å²) < 4.78 is 17.8. The summed E-state index contributed by atoms with van der Waals surface area (Å²) in [7, 11) is 0. The first-order chi connectivity index (χ1) is 6.75. The number of ether oxygens (including phenoxy) is 1. The first kappa shape index (κ1) is 7.53. The summed E-state index contributed by atoms with van der Waals surface area (Å²) in [6, 6.07) is 0. The van der Waals surface area contributed by atoms with E-state index in [1.54, 1.807) is 6.92 Å². The largest absolute Gasteiger partial charge is 0.447 e. The van der Waals surface area contributed by atoms with Gasteiger partial charge in [0.15, 0.2) is 0 Å². The molecule has 2 heterocycles. The van der Waals surface area contributed by atoms with E-state index in [4.69, 9.17) is 10.5 Å². The Bertz CT molecular complexity index is 288. The summed E-state index contributed by atoms with van der Waals surface area (Å²) in [5.41, 5.74) is 0.660. The number of rotatable bonds is 2. The van der Waals surface area contributed by atoms with Crippen LogP contribution in [0.4, 0.5) is 0 Å². The molecule has 1 aromatic heterocycles. The van der Waals surface area contributed by atoms with Gasteiger partial charge in [-0.3, -0.25) is 4.90 Å². The fourth-order valence-corrected chi connectivity index (χ4v) is 1.38. The van der Waals surface area contributed by atoms with Gasteiger partial charge in [-0.25, -0.2) is 4.98 Å². The van der Waals surface area contributed by atoms with E-state index in [0.717, 1.165) is 26.3 Å². The average molecular weight is 183 g/mol. The third kappa shape index (κ3) is 2.29. The van der Waals surface area contributed by atoms with E-state index in [0.29, 0.717) is 18.1 Å². The van der Waals surface area contributed by atoms with Crippen LogP contribution < -0.4 is 0 Å². The van der Waals surface area contributed by atoms with Gasteiger partial charge in [0, 0.05) is 13.1 Å². The number of aryl methyl sites for hydroxylation is 1. The lowest BCUT2D eigenvalue weighted by Gasteiger charge is -2.24. The van der Waals surface area contributed by atoms with Crippen LogP contribution in [0.2, 0.25) is 0 Å². The number of nitrogens with zero attached hydrogens (tertiary/aromatic N) is 2. The van der Waals surface area contributed by atoms with E-state index in [-0.39, 0.29) is 6.24 Å². The van der Waals surface area contributed by atoms with Gasteiger partial charge in [0.2, 0.25) is 5.89 Å². The Morgan fingerprint density at radius 3 is 3.00 bits per heavy atom. The molecule has 0 bridgehead atoms. The Labute approximate surface area is 78.9 Å². The number of oxazole rings is 1. The van der Waals surface area contributed by atoms with Gasteiger partial charge in [-0.2, -0.15) is 0 Å². The van der Waals surface area contributed by atoms with Crippen molar-refractivity contribution in [2.75, 3.05) is 26.3 Å². The van der Waals surface area contributed by atoms with Crippen LogP contribution in [0.5, 0.6) is 0 Å². The second-order valence-corrected chi connectivity index (χ2v) is 3.18. The lowest BCUT2D eigenvalue weighted by Crippen LogP contribution is -2.35. The zero-order valence-electron chi connectivity index (χ0n) is 8.75. The minimum absolute atomic E-state index is 0.174. The van der Waals surface area contributed by atoms with Crippen LogP contribution in [0.25, 0.3) is 0 Å². The standard InChI is InChI=1S/C9H14N2O2/c1-8-7-13-9(10-8)6-11-2-4-12-5-3-11/h7H,2-6H2,1H3/i7D. The molecule has 0 N–H and O–H groups in total. The van der Waals surface area contributed by atoms with Crippen molar-refractivity contribution in [2.24, 2.45) is 0 Å². The van der Waals surface area contributed by atoms with E-state index >= 15 is 0 Å². The molecule has 4 nitrogen and oxygen atoms in total. The molecule has 0 atom stereocenters. The van der Waals surface area contributed by atoms with Crippen molar-refractivity contribution >= 4 is 0 Å². The molecule has 1 aliphatic heterocycles. The maximum Gasteiger partial charge on any atom is 0.208 e. The molecule has 72 valence electrons. The van der Waals surface area contributed by atoms with Crippen molar-refractivity contribution in [3.8, 4) is 0 Å². The van der Waals surface area contributed by atoms with Crippen molar-refractivity contribution in [2.45, 2.75) is 13.5 Å². The van der Waals surface area contributed by atoms with Crippen molar-refractivity contribution in [1.82, 2.24) is 9.88 Å². The van der Waals surface area contributed by atoms with Crippen molar-refractivity contribution in [1.29, 1.82) is 0 Å². The summed E-state index contributed by atoms with van der Waals surface area (Å²) in [5, 5.41) is 0. The Hall–Kier alpha value is -0.870. The van der Waals surface area contributed by atoms with E-state index in [9.17, 15) is 0 Å². The molecule has 0 amide bonds. The summed E-state index contributed by atoms with van der Waals surface area (Å²) in [4.78, 5) is 6.38. The summed E-state index contributed by atoms with van der Waals surface area (Å²) in [6.07, 6.45) is 0.174. The monoisotopic (exact) mass is 183 g/mol. The van der Waals surface area contributed by atoms with Crippen LogP contribution in [0.15, 0.2) is 10.7 Å². The normalized spacial score (nSPS) is 20.2. The molecule has 4 heteroatoms. The van der Waals surface area contributed by atoms with Gasteiger partial charge in [-0.15, -0.1) is 0 Å². The van der Waals surface area contributed by atoms with Gasteiger partial charge >= 0.3 is 0 Å². The minimum Gasteiger partial charge on any atom is -0.447 e. The van der Waals surface area contributed by atoms with Gasteiger partial charge in [0.05, 0.1) is 25.5 Å². The highest BCUT2D eigenvalue weighted by atomic mass is 16.5. The van der Waals surface area contributed by atoms with Crippen LogP contribution in [-0.4, -0.2) is 36.2 Å². The van der Waals surface area contributed by atoms with Gasteiger partial charge in [0.1, 0.15) is 7.61 Å². The lowest BCUT2D eigenvalue weighted by atomic mass is 10.4. The molecule has 13 heavy (non-hydrogen) atoms. The Kier molecular flexibility index (Phi) is 2.25.